The Morgan fingerprint density at radius 3 is 1.40 bits per heavy atom. The van der Waals surface area contributed by atoms with Gasteiger partial charge in [0.1, 0.15) is 12.2 Å². The molecule has 0 radical (unpaired) electrons. The van der Waals surface area contributed by atoms with Crippen molar-refractivity contribution in [2.24, 2.45) is 11.8 Å². The van der Waals surface area contributed by atoms with Crippen LogP contribution in [0, 0.1) is 11.8 Å². The van der Waals surface area contributed by atoms with Gasteiger partial charge in [0.05, 0.1) is 12.5 Å². The zero-order valence-corrected chi connectivity index (χ0v) is 18.4. The van der Waals surface area contributed by atoms with Crippen molar-refractivity contribution in [1.29, 1.82) is 0 Å². The second kappa shape index (κ2) is 7.92. The number of hydrogen-bond donors (Lipinski definition) is 0. The van der Waals surface area contributed by atoms with Gasteiger partial charge in [0.25, 0.3) is 20.2 Å². The Labute approximate surface area is 177 Å². The second-order valence-corrected chi connectivity index (χ2v) is 11.1. The summed E-state index contributed by atoms with van der Waals surface area (Å²) < 4.78 is 58.6. The van der Waals surface area contributed by atoms with Crippen molar-refractivity contribution < 1.29 is 25.2 Å². The summed E-state index contributed by atoms with van der Waals surface area (Å²) >= 11 is 0. The van der Waals surface area contributed by atoms with Gasteiger partial charge in [-0.05, 0) is 29.5 Å². The fourth-order valence-electron chi connectivity index (χ4n) is 4.81. The highest BCUT2D eigenvalue weighted by molar-refractivity contribution is 7.86. The summed E-state index contributed by atoms with van der Waals surface area (Å²) in [5.41, 5.74) is 3.99. The van der Waals surface area contributed by atoms with E-state index in [-0.39, 0.29) is 11.8 Å². The minimum absolute atomic E-state index is 0.244. The molecule has 0 spiro atoms. The number of fused-ring (bicyclic) bond motifs is 2. The van der Waals surface area contributed by atoms with Crippen molar-refractivity contribution in [2.45, 2.75) is 25.0 Å². The molecule has 2 aliphatic carbocycles. The van der Waals surface area contributed by atoms with Gasteiger partial charge >= 0.3 is 0 Å². The van der Waals surface area contributed by atoms with Crippen LogP contribution in [0.1, 0.15) is 24.0 Å². The summed E-state index contributed by atoms with van der Waals surface area (Å²) in [6.07, 6.45) is 1.65. The molecule has 0 amide bonds. The normalized spacial score (nSPS) is 26.1. The van der Waals surface area contributed by atoms with E-state index in [1.54, 1.807) is 0 Å². The van der Waals surface area contributed by atoms with E-state index in [4.69, 9.17) is 8.37 Å². The van der Waals surface area contributed by atoms with E-state index in [2.05, 4.69) is 0 Å². The first kappa shape index (κ1) is 21.2. The lowest BCUT2D eigenvalue weighted by molar-refractivity contribution is 0.0245. The molecule has 4 unspecified atom stereocenters. The van der Waals surface area contributed by atoms with Crippen LogP contribution in [0.2, 0.25) is 0 Å². The molecule has 30 heavy (non-hydrogen) atoms. The van der Waals surface area contributed by atoms with Crippen molar-refractivity contribution in [2.75, 3.05) is 12.5 Å². The molecule has 0 saturated heterocycles. The van der Waals surface area contributed by atoms with Gasteiger partial charge in [-0.2, -0.15) is 16.8 Å². The molecule has 160 valence electrons. The molecule has 6 nitrogen and oxygen atoms in total. The molecule has 0 aliphatic heterocycles. The Morgan fingerprint density at radius 2 is 1.07 bits per heavy atom. The minimum atomic E-state index is -3.79. The van der Waals surface area contributed by atoms with Gasteiger partial charge < -0.3 is 0 Å². The molecule has 2 aromatic rings. The maximum atomic E-state index is 11.9. The molecule has 2 aromatic carbocycles. The molecule has 4 atom stereocenters. The molecular weight excluding hydrogens is 424 g/mol. The highest BCUT2D eigenvalue weighted by Gasteiger charge is 2.56. The van der Waals surface area contributed by atoms with E-state index in [9.17, 15) is 16.8 Å². The van der Waals surface area contributed by atoms with Gasteiger partial charge in [0.2, 0.25) is 0 Å². The zero-order chi connectivity index (χ0) is 21.5. The van der Waals surface area contributed by atoms with E-state index in [1.807, 2.05) is 60.7 Å². The largest absolute Gasteiger partial charge is 0.264 e. The lowest BCUT2D eigenvalue weighted by Crippen LogP contribution is -2.39. The Hall–Kier alpha value is -2.00. The molecule has 8 heteroatoms. The molecule has 2 saturated carbocycles. The lowest BCUT2D eigenvalue weighted by atomic mass is 9.88. The van der Waals surface area contributed by atoms with E-state index >= 15 is 0 Å². The van der Waals surface area contributed by atoms with E-state index < -0.39 is 32.4 Å². The second-order valence-electron chi connectivity index (χ2n) is 7.88. The van der Waals surface area contributed by atoms with Crippen molar-refractivity contribution in [1.82, 2.24) is 0 Å². The Bertz CT molecular complexity index is 1060. The molecule has 0 heterocycles. The van der Waals surface area contributed by atoms with E-state index in [0.29, 0.717) is 12.8 Å². The predicted molar refractivity (Wildman–Crippen MR) is 115 cm³/mol. The van der Waals surface area contributed by atoms with E-state index in [1.165, 1.54) is 0 Å². The lowest BCUT2D eigenvalue weighted by Gasteiger charge is -2.28. The monoisotopic (exact) mass is 448 g/mol. The van der Waals surface area contributed by atoms with Crippen LogP contribution in [0.25, 0.3) is 5.57 Å². The first-order valence-corrected chi connectivity index (χ1v) is 13.4. The summed E-state index contributed by atoms with van der Waals surface area (Å²) in [6.45, 7) is 0. The van der Waals surface area contributed by atoms with Crippen LogP contribution in [0.5, 0.6) is 0 Å². The van der Waals surface area contributed by atoms with Crippen molar-refractivity contribution in [3.05, 3.63) is 77.4 Å². The highest BCUT2D eigenvalue weighted by atomic mass is 32.2. The third kappa shape index (κ3) is 4.37. The maximum Gasteiger partial charge on any atom is 0.264 e. The molecule has 2 aliphatic rings. The molecule has 0 N–H and O–H groups in total. The van der Waals surface area contributed by atoms with Crippen LogP contribution in [0.3, 0.4) is 0 Å². The number of hydrogen-bond acceptors (Lipinski definition) is 6. The van der Waals surface area contributed by atoms with Gasteiger partial charge in [-0.1, -0.05) is 66.2 Å². The fourth-order valence-corrected chi connectivity index (χ4v) is 6.11. The SMILES string of the molecule is CS(=O)(=O)OC1C2CCC(C2=C(c2ccccc2)c2ccccc2)C1OS(C)(=O)=O. The van der Waals surface area contributed by atoms with Crippen LogP contribution in [-0.2, 0) is 28.6 Å². The first-order valence-electron chi connectivity index (χ1n) is 9.75. The Kier molecular flexibility index (Phi) is 5.61. The smallest absolute Gasteiger partial charge is 0.264 e. The summed E-state index contributed by atoms with van der Waals surface area (Å²) in [6, 6.07) is 19.7. The molecule has 2 bridgehead atoms. The van der Waals surface area contributed by atoms with Crippen LogP contribution < -0.4 is 0 Å². The van der Waals surface area contributed by atoms with Gasteiger partial charge in [-0.25, -0.2) is 0 Å². The number of benzene rings is 2. The van der Waals surface area contributed by atoms with Crippen LogP contribution >= 0.6 is 0 Å². The highest BCUT2D eigenvalue weighted by Crippen LogP contribution is 2.55. The van der Waals surface area contributed by atoms with Gasteiger partial charge in [0, 0.05) is 11.8 Å². The topological polar surface area (TPSA) is 86.7 Å². The predicted octanol–water partition coefficient (Wildman–Crippen LogP) is 3.22. The zero-order valence-electron chi connectivity index (χ0n) is 16.8. The average molecular weight is 449 g/mol. The average Bonchev–Trinajstić information content (AvgIpc) is 3.19. The summed E-state index contributed by atoms with van der Waals surface area (Å²) in [4.78, 5) is 0. The van der Waals surface area contributed by atoms with Gasteiger partial charge in [-0.3, -0.25) is 8.37 Å². The van der Waals surface area contributed by atoms with E-state index in [0.717, 1.165) is 34.8 Å². The Balaban J connectivity index is 1.91. The third-order valence-corrected chi connectivity index (χ3v) is 6.83. The molecule has 4 rings (SSSR count). The molecule has 2 fully saturated rings. The van der Waals surface area contributed by atoms with Gasteiger partial charge in [0.15, 0.2) is 0 Å². The summed E-state index contributed by atoms with van der Waals surface area (Å²) in [5.74, 6) is -0.487. The third-order valence-electron chi connectivity index (χ3n) is 5.69. The number of rotatable bonds is 6. The quantitative estimate of drug-likeness (QED) is 0.631. The van der Waals surface area contributed by atoms with Crippen molar-refractivity contribution in [3.63, 3.8) is 0 Å². The summed E-state index contributed by atoms with van der Waals surface area (Å²) in [5, 5.41) is 0. The van der Waals surface area contributed by atoms with Crippen LogP contribution in [0.4, 0.5) is 0 Å². The molecular formula is C22H24O6S2. The molecule has 0 aromatic heterocycles. The van der Waals surface area contributed by atoms with Crippen LogP contribution in [0.15, 0.2) is 66.2 Å². The minimum Gasteiger partial charge on any atom is -0.264 e. The van der Waals surface area contributed by atoms with Crippen molar-refractivity contribution in [3.8, 4) is 0 Å². The standard InChI is InChI=1S/C22H24O6S2/c1-29(23,24)27-21-17-13-14-18(22(21)28-30(2,25)26)20(17)19(15-9-5-3-6-10-15)16-11-7-4-8-12-16/h3-12,17-18,21-22H,13-14H2,1-2H3. The maximum absolute atomic E-state index is 11.9. The Morgan fingerprint density at radius 1 is 0.700 bits per heavy atom. The summed E-state index contributed by atoms with van der Waals surface area (Å²) in [7, 11) is -7.59. The fraction of sp³-hybridized carbons (Fsp3) is 0.364. The van der Waals surface area contributed by atoms with Crippen LogP contribution in [-0.4, -0.2) is 41.6 Å². The van der Waals surface area contributed by atoms with Crippen molar-refractivity contribution >= 4 is 25.8 Å². The first-order chi connectivity index (χ1) is 14.1. The van der Waals surface area contributed by atoms with Gasteiger partial charge in [-0.15, -0.1) is 0 Å².